The number of carboxylic acids is 1. The van der Waals surface area contributed by atoms with Gasteiger partial charge in [-0.15, -0.1) is 0 Å². The molecule has 15 heavy (non-hydrogen) atoms. The minimum Gasteiger partial charge on any atom is -0.491 e. The Balaban J connectivity index is 3.04. The maximum atomic E-state index is 10.7. The first kappa shape index (κ1) is 12.5. The van der Waals surface area contributed by atoms with Gasteiger partial charge in [0.05, 0.1) is 21.1 Å². The third-order valence-electron chi connectivity index (χ3n) is 1.70. The number of halogens is 2. The van der Waals surface area contributed by atoms with Crippen molar-refractivity contribution in [3.05, 3.63) is 26.6 Å². The molecule has 82 valence electrons. The monoisotopic (exact) mass is 336 g/mol. The zero-order valence-electron chi connectivity index (χ0n) is 8.09. The molecule has 0 saturated heterocycles. The van der Waals surface area contributed by atoms with Gasteiger partial charge in [-0.25, -0.2) is 4.79 Å². The Hall–Kier alpha value is -0.550. The van der Waals surface area contributed by atoms with Crippen molar-refractivity contribution in [1.82, 2.24) is 0 Å². The van der Waals surface area contributed by atoms with Crippen LogP contribution in [0.2, 0.25) is 0 Å². The van der Waals surface area contributed by atoms with Gasteiger partial charge in [-0.3, -0.25) is 0 Å². The number of rotatable bonds is 4. The Morgan fingerprint density at radius 2 is 1.93 bits per heavy atom. The minimum atomic E-state index is -0.960. The smallest absolute Gasteiger partial charge is 0.335 e. The number of hydrogen-bond donors (Lipinski definition) is 1. The average Bonchev–Trinajstić information content (AvgIpc) is 2.16. The van der Waals surface area contributed by atoms with E-state index in [1.54, 1.807) is 0 Å². The quantitative estimate of drug-likeness (QED) is 0.911. The van der Waals surface area contributed by atoms with E-state index in [1.807, 2.05) is 6.92 Å². The summed E-state index contributed by atoms with van der Waals surface area (Å²) in [5.74, 6) is -0.319. The van der Waals surface area contributed by atoms with Crippen LogP contribution in [-0.2, 0) is 0 Å². The SMILES string of the molecule is CCCOc1c(Br)cc(C(=O)O)cc1Br. The molecule has 1 N–H and O–H groups in total. The fourth-order valence-electron chi connectivity index (χ4n) is 1.03. The summed E-state index contributed by atoms with van der Waals surface area (Å²) in [5, 5.41) is 8.82. The van der Waals surface area contributed by atoms with Crippen molar-refractivity contribution in [2.24, 2.45) is 0 Å². The van der Waals surface area contributed by atoms with Crippen LogP contribution in [0.25, 0.3) is 0 Å². The molecule has 1 rings (SSSR count). The second kappa shape index (κ2) is 5.51. The molecule has 3 nitrogen and oxygen atoms in total. The Morgan fingerprint density at radius 1 is 1.40 bits per heavy atom. The highest BCUT2D eigenvalue weighted by Gasteiger charge is 2.12. The van der Waals surface area contributed by atoms with Crippen LogP contribution in [0.15, 0.2) is 21.1 Å². The highest BCUT2D eigenvalue weighted by atomic mass is 79.9. The van der Waals surface area contributed by atoms with E-state index in [0.717, 1.165) is 6.42 Å². The molecular formula is C10H10Br2O3. The molecule has 0 aromatic heterocycles. The molecule has 5 heteroatoms. The molecule has 0 atom stereocenters. The van der Waals surface area contributed by atoms with Crippen molar-refractivity contribution in [1.29, 1.82) is 0 Å². The van der Waals surface area contributed by atoms with Crippen LogP contribution in [0.4, 0.5) is 0 Å². The topological polar surface area (TPSA) is 46.5 Å². The molecule has 0 fully saturated rings. The number of hydrogen-bond acceptors (Lipinski definition) is 2. The van der Waals surface area contributed by atoms with Crippen molar-refractivity contribution < 1.29 is 14.6 Å². The second-order valence-electron chi connectivity index (χ2n) is 2.92. The molecule has 0 amide bonds. The molecule has 0 aliphatic heterocycles. The Labute approximate surface area is 105 Å². The van der Waals surface area contributed by atoms with Crippen LogP contribution in [0.3, 0.4) is 0 Å². The summed E-state index contributed by atoms with van der Waals surface area (Å²) in [4.78, 5) is 10.7. The summed E-state index contributed by atoms with van der Waals surface area (Å²) in [7, 11) is 0. The first-order valence-electron chi connectivity index (χ1n) is 4.41. The second-order valence-corrected chi connectivity index (χ2v) is 4.63. The molecule has 0 spiro atoms. The van der Waals surface area contributed by atoms with Gasteiger partial charge in [-0.1, -0.05) is 6.92 Å². The highest BCUT2D eigenvalue weighted by Crippen LogP contribution is 2.34. The first-order valence-corrected chi connectivity index (χ1v) is 6.00. The lowest BCUT2D eigenvalue weighted by Crippen LogP contribution is -2.00. The summed E-state index contributed by atoms with van der Waals surface area (Å²) >= 11 is 6.56. The van der Waals surface area contributed by atoms with Gasteiger partial charge >= 0.3 is 5.97 Å². The third-order valence-corrected chi connectivity index (χ3v) is 2.87. The normalized spacial score (nSPS) is 10.1. The maximum absolute atomic E-state index is 10.7. The van der Waals surface area contributed by atoms with Crippen molar-refractivity contribution in [3.8, 4) is 5.75 Å². The van der Waals surface area contributed by atoms with E-state index >= 15 is 0 Å². The number of carbonyl (C=O) groups is 1. The van der Waals surface area contributed by atoms with E-state index in [1.165, 1.54) is 12.1 Å². The fourth-order valence-corrected chi connectivity index (χ4v) is 2.44. The summed E-state index contributed by atoms with van der Waals surface area (Å²) in [6.45, 7) is 2.61. The van der Waals surface area contributed by atoms with Crippen molar-refractivity contribution in [2.45, 2.75) is 13.3 Å². The van der Waals surface area contributed by atoms with E-state index in [-0.39, 0.29) is 5.56 Å². The van der Waals surface area contributed by atoms with Crippen LogP contribution < -0.4 is 4.74 Å². The summed E-state index contributed by atoms with van der Waals surface area (Å²) in [6, 6.07) is 3.05. The molecule has 0 saturated carbocycles. The zero-order chi connectivity index (χ0) is 11.4. The first-order chi connectivity index (χ1) is 7.06. The predicted octanol–water partition coefficient (Wildman–Crippen LogP) is 3.70. The molecule has 0 aliphatic rings. The summed E-state index contributed by atoms with van der Waals surface area (Å²) < 4.78 is 6.75. The van der Waals surface area contributed by atoms with E-state index < -0.39 is 5.97 Å². The predicted molar refractivity (Wildman–Crippen MR) is 64.6 cm³/mol. The van der Waals surface area contributed by atoms with Crippen molar-refractivity contribution in [2.75, 3.05) is 6.61 Å². The zero-order valence-corrected chi connectivity index (χ0v) is 11.3. The molecule has 0 unspecified atom stereocenters. The number of benzene rings is 1. The molecule has 1 aromatic rings. The number of aromatic carboxylic acids is 1. The number of ether oxygens (including phenoxy) is 1. The van der Waals surface area contributed by atoms with Gasteiger partial charge in [0.15, 0.2) is 0 Å². The lowest BCUT2D eigenvalue weighted by molar-refractivity contribution is 0.0696. The van der Waals surface area contributed by atoms with Crippen LogP contribution >= 0.6 is 31.9 Å². The van der Waals surface area contributed by atoms with Crippen LogP contribution in [0.1, 0.15) is 23.7 Å². The van der Waals surface area contributed by atoms with Crippen LogP contribution in [0, 0.1) is 0 Å². The Bertz CT molecular complexity index is 354. The van der Waals surface area contributed by atoms with Crippen LogP contribution in [0.5, 0.6) is 5.75 Å². The van der Waals surface area contributed by atoms with Gasteiger partial charge in [-0.05, 0) is 50.4 Å². The van der Waals surface area contributed by atoms with E-state index in [2.05, 4.69) is 31.9 Å². The lowest BCUT2D eigenvalue weighted by atomic mass is 10.2. The molecule has 0 radical (unpaired) electrons. The third kappa shape index (κ3) is 3.21. The van der Waals surface area contributed by atoms with Gasteiger partial charge in [-0.2, -0.15) is 0 Å². The Kier molecular flexibility index (Phi) is 4.60. The van der Waals surface area contributed by atoms with E-state index in [9.17, 15) is 4.79 Å². The van der Waals surface area contributed by atoms with Gasteiger partial charge < -0.3 is 9.84 Å². The summed E-state index contributed by atoms with van der Waals surface area (Å²) in [5.41, 5.74) is 0.220. The standard InChI is InChI=1S/C10H10Br2O3/c1-2-3-15-9-7(11)4-6(10(13)14)5-8(9)12/h4-5H,2-3H2,1H3,(H,13,14). The number of carboxylic acid groups (broad SMARTS) is 1. The summed E-state index contributed by atoms with van der Waals surface area (Å²) in [6.07, 6.45) is 0.902. The molecule has 0 aliphatic carbocycles. The largest absolute Gasteiger partial charge is 0.491 e. The Morgan fingerprint density at radius 3 is 2.33 bits per heavy atom. The van der Waals surface area contributed by atoms with Crippen LogP contribution in [-0.4, -0.2) is 17.7 Å². The van der Waals surface area contributed by atoms with Gasteiger partial charge in [0.2, 0.25) is 0 Å². The van der Waals surface area contributed by atoms with Gasteiger partial charge in [0.25, 0.3) is 0 Å². The molecular weight excluding hydrogens is 328 g/mol. The van der Waals surface area contributed by atoms with Crippen molar-refractivity contribution in [3.63, 3.8) is 0 Å². The minimum absolute atomic E-state index is 0.220. The molecule has 0 heterocycles. The van der Waals surface area contributed by atoms with Crippen molar-refractivity contribution >= 4 is 37.8 Å². The van der Waals surface area contributed by atoms with Gasteiger partial charge in [0.1, 0.15) is 5.75 Å². The maximum Gasteiger partial charge on any atom is 0.335 e. The van der Waals surface area contributed by atoms with E-state index in [0.29, 0.717) is 21.3 Å². The lowest BCUT2D eigenvalue weighted by Gasteiger charge is -2.10. The van der Waals surface area contributed by atoms with E-state index in [4.69, 9.17) is 9.84 Å². The molecule has 0 bridgehead atoms. The fraction of sp³-hybridized carbons (Fsp3) is 0.300. The highest BCUT2D eigenvalue weighted by molar-refractivity contribution is 9.11. The van der Waals surface area contributed by atoms with Gasteiger partial charge in [0, 0.05) is 0 Å². The average molecular weight is 338 g/mol. The molecule has 1 aromatic carbocycles.